The minimum atomic E-state index is -3.39. The quantitative estimate of drug-likeness (QED) is 0.598. The molecule has 0 radical (unpaired) electrons. The first-order chi connectivity index (χ1) is 15.6. The smallest absolute Gasteiger partial charge is 0.208 e. The van der Waals surface area contributed by atoms with Crippen molar-refractivity contribution >= 4 is 10.0 Å². The Bertz CT molecular complexity index is 1320. The van der Waals surface area contributed by atoms with E-state index in [4.69, 9.17) is 9.15 Å². The van der Waals surface area contributed by atoms with E-state index >= 15 is 0 Å². The highest BCUT2D eigenvalue weighted by Gasteiger charge is 2.50. The monoisotopic (exact) mass is 474 g/mol. The molecule has 1 saturated carbocycles. The van der Waals surface area contributed by atoms with Crippen LogP contribution in [0.1, 0.15) is 36.9 Å². The van der Waals surface area contributed by atoms with Gasteiger partial charge in [-0.05, 0) is 48.9 Å². The molecule has 0 unspecified atom stereocenters. The summed E-state index contributed by atoms with van der Waals surface area (Å²) < 4.78 is 67.6. The van der Waals surface area contributed by atoms with Gasteiger partial charge in [-0.1, -0.05) is 25.1 Å². The summed E-state index contributed by atoms with van der Waals surface area (Å²) in [4.78, 5) is 4.65. The van der Waals surface area contributed by atoms with Crippen molar-refractivity contribution in [3.8, 4) is 16.9 Å². The molecule has 2 aromatic carbocycles. The molecule has 1 N–H and O–H groups in total. The van der Waals surface area contributed by atoms with Crippen molar-refractivity contribution in [3.63, 3.8) is 0 Å². The van der Waals surface area contributed by atoms with Crippen LogP contribution in [0.15, 0.2) is 47.1 Å². The number of nitrogens with one attached hydrogen (secondary N) is 1. The van der Waals surface area contributed by atoms with Crippen LogP contribution in [-0.4, -0.2) is 25.7 Å². The maximum Gasteiger partial charge on any atom is 0.208 e. The highest BCUT2D eigenvalue weighted by atomic mass is 32.2. The maximum atomic E-state index is 14.9. The molecule has 3 atom stereocenters. The van der Waals surface area contributed by atoms with Gasteiger partial charge in [0.25, 0.3) is 0 Å². The van der Waals surface area contributed by atoms with Gasteiger partial charge in [0.15, 0.2) is 11.6 Å². The van der Waals surface area contributed by atoms with Gasteiger partial charge in [-0.3, -0.25) is 0 Å². The summed E-state index contributed by atoms with van der Waals surface area (Å²) >= 11 is 0. The van der Waals surface area contributed by atoms with Gasteiger partial charge in [0.2, 0.25) is 15.9 Å². The van der Waals surface area contributed by atoms with Crippen LogP contribution in [0.5, 0.6) is 5.75 Å². The lowest BCUT2D eigenvalue weighted by Gasteiger charge is -2.31. The third kappa shape index (κ3) is 4.04. The lowest BCUT2D eigenvalue weighted by molar-refractivity contribution is 0.257. The fourth-order valence-corrected chi connectivity index (χ4v) is 6.04. The van der Waals surface area contributed by atoms with Crippen molar-refractivity contribution in [2.75, 3.05) is 6.26 Å². The van der Waals surface area contributed by atoms with Crippen molar-refractivity contribution in [1.82, 2.24) is 9.71 Å². The van der Waals surface area contributed by atoms with Gasteiger partial charge in [0.05, 0.1) is 11.7 Å². The van der Waals surface area contributed by atoms with Gasteiger partial charge >= 0.3 is 0 Å². The van der Waals surface area contributed by atoms with E-state index in [1.54, 1.807) is 18.2 Å². The van der Waals surface area contributed by atoms with Gasteiger partial charge in [0.1, 0.15) is 24.4 Å². The van der Waals surface area contributed by atoms with E-state index in [0.29, 0.717) is 36.4 Å². The standard InChI is InChI=1S/C24H24F2N2O4S/c1-14-8-16(28-33(2,29)30)11-24(14)10-15-6-7-20(25)19(9-15)18-4-3-5-21(26)22(18)31-12-17-13-32-23(24)27-17/h3-7,9,13-14,16,28H,8,10-12H2,1-2H3/t14-,16-,24+/m0/s1. The summed E-state index contributed by atoms with van der Waals surface area (Å²) in [5.41, 5.74) is 1.27. The topological polar surface area (TPSA) is 81.4 Å². The molecule has 4 bridgehead atoms. The number of aromatic nitrogens is 1. The Morgan fingerprint density at radius 3 is 2.76 bits per heavy atom. The van der Waals surface area contributed by atoms with Crippen LogP contribution in [0, 0.1) is 17.6 Å². The zero-order chi connectivity index (χ0) is 23.4. The third-order valence-electron chi connectivity index (χ3n) is 6.72. The Labute approximate surface area is 191 Å². The van der Waals surface area contributed by atoms with E-state index in [1.807, 2.05) is 6.92 Å². The first-order valence-corrected chi connectivity index (χ1v) is 12.7. The Kier molecular flexibility index (Phi) is 5.29. The Morgan fingerprint density at radius 1 is 1.15 bits per heavy atom. The molecule has 0 saturated heterocycles. The molecule has 2 heterocycles. The van der Waals surface area contributed by atoms with E-state index in [1.165, 1.54) is 24.5 Å². The molecule has 5 rings (SSSR count). The van der Waals surface area contributed by atoms with Crippen molar-refractivity contribution in [1.29, 1.82) is 0 Å². The van der Waals surface area contributed by atoms with Gasteiger partial charge in [-0.2, -0.15) is 0 Å². The second kappa shape index (κ2) is 7.92. The van der Waals surface area contributed by atoms with E-state index in [9.17, 15) is 17.2 Å². The van der Waals surface area contributed by atoms with Crippen molar-refractivity contribution in [2.24, 2.45) is 5.92 Å². The Hall–Kier alpha value is -2.78. The Balaban J connectivity index is 1.66. The third-order valence-corrected chi connectivity index (χ3v) is 7.48. The highest BCUT2D eigenvalue weighted by molar-refractivity contribution is 7.88. The summed E-state index contributed by atoms with van der Waals surface area (Å²) in [7, 11) is -3.39. The number of benzene rings is 2. The van der Waals surface area contributed by atoms with Crippen LogP contribution in [0.3, 0.4) is 0 Å². The Morgan fingerprint density at radius 2 is 1.97 bits per heavy atom. The zero-order valence-electron chi connectivity index (χ0n) is 18.3. The molecule has 9 heteroatoms. The van der Waals surface area contributed by atoms with Crippen LogP contribution < -0.4 is 9.46 Å². The molecular weight excluding hydrogens is 450 g/mol. The maximum absolute atomic E-state index is 14.9. The summed E-state index contributed by atoms with van der Waals surface area (Å²) in [6, 6.07) is 8.90. The molecule has 1 aliphatic carbocycles. The number of hydrogen-bond acceptors (Lipinski definition) is 5. The number of nitrogens with zero attached hydrogens (tertiary/aromatic N) is 1. The zero-order valence-corrected chi connectivity index (χ0v) is 19.1. The highest BCUT2D eigenvalue weighted by Crippen LogP contribution is 2.48. The van der Waals surface area contributed by atoms with Crippen molar-refractivity contribution in [3.05, 3.63) is 71.4 Å². The number of hydrogen-bond donors (Lipinski definition) is 1. The fraction of sp³-hybridized carbons (Fsp3) is 0.375. The SMILES string of the molecule is C[C@H]1C[C@H](NS(C)(=O)=O)C[C@]12Cc1ccc(F)c(c1)-c1cccc(F)c1OCc1coc2n1. The van der Waals surface area contributed by atoms with E-state index in [0.717, 1.165) is 11.8 Å². The number of rotatable bonds is 2. The number of para-hydroxylation sites is 1. The van der Waals surface area contributed by atoms with Crippen molar-refractivity contribution in [2.45, 2.75) is 44.2 Å². The van der Waals surface area contributed by atoms with Crippen LogP contribution >= 0.6 is 0 Å². The van der Waals surface area contributed by atoms with Gasteiger partial charge in [0, 0.05) is 17.2 Å². The number of oxazole rings is 1. The predicted octanol–water partition coefficient (Wildman–Crippen LogP) is 4.34. The van der Waals surface area contributed by atoms with Crippen LogP contribution in [-0.2, 0) is 28.5 Å². The molecule has 6 nitrogen and oxygen atoms in total. The van der Waals surface area contributed by atoms with Crippen LogP contribution in [0.2, 0.25) is 0 Å². The average molecular weight is 475 g/mol. The second-order valence-electron chi connectivity index (χ2n) is 9.12. The number of fused-ring (bicyclic) bond motifs is 7. The summed E-state index contributed by atoms with van der Waals surface area (Å²) in [5.74, 6) is -0.599. The minimum absolute atomic E-state index is 0.0327. The van der Waals surface area contributed by atoms with Gasteiger partial charge in [-0.25, -0.2) is 26.9 Å². The molecule has 2 aliphatic rings. The fourth-order valence-electron chi connectivity index (χ4n) is 5.26. The van der Waals surface area contributed by atoms with E-state index in [-0.39, 0.29) is 29.9 Å². The largest absolute Gasteiger partial charge is 0.483 e. The molecular formula is C24H24F2N2O4S. The molecule has 1 aromatic heterocycles. The number of halogens is 2. The molecule has 1 spiro atoms. The second-order valence-corrected chi connectivity index (χ2v) is 10.9. The molecule has 33 heavy (non-hydrogen) atoms. The van der Waals surface area contributed by atoms with Crippen LogP contribution in [0.25, 0.3) is 11.1 Å². The first-order valence-electron chi connectivity index (χ1n) is 10.8. The number of ether oxygens (including phenoxy) is 1. The lowest BCUT2D eigenvalue weighted by atomic mass is 9.73. The molecule has 1 fully saturated rings. The summed E-state index contributed by atoms with van der Waals surface area (Å²) in [6.07, 6.45) is 4.20. The molecule has 0 amide bonds. The molecule has 3 aromatic rings. The molecule has 1 aliphatic heterocycles. The average Bonchev–Trinajstić information content (AvgIpc) is 3.32. The lowest BCUT2D eigenvalue weighted by Crippen LogP contribution is -2.36. The van der Waals surface area contributed by atoms with E-state index in [2.05, 4.69) is 9.71 Å². The molecule has 174 valence electrons. The minimum Gasteiger partial charge on any atom is -0.483 e. The van der Waals surface area contributed by atoms with Crippen LogP contribution in [0.4, 0.5) is 8.78 Å². The number of sulfonamides is 1. The van der Waals surface area contributed by atoms with Gasteiger partial charge < -0.3 is 9.15 Å². The first kappa shape index (κ1) is 22.0. The summed E-state index contributed by atoms with van der Waals surface area (Å²) in [6.45, 7) is 2.00. The van der Waals surface area contributed by atoms with Crippen molar-refractivity contribution < 1.29 is 26.4 Å². The van der Waals surface area contributed by atoms with Gasteiger partial charge in [-0.15, -0.1) is 0 Å². The normalized spacial score (nSPS) is 24.6. The van der Waals surface area contributed by atoms with E-state index < -0.39 is 27.1 Å². The summed E-state index contributed by atoms with van der Waals surface area (Å²) in [5, 5.41) is 0. The predicted molar refractivity (Wildman–Crippen MR) is 118 cm³/mol.